The molecule has 0 unspecified atom stereocenters. The van der Waals surface area contributed by atoms with Crippen molar-refractivity contribution in [2.24, 2.45) is 0 Å². The number of thiazole rings is 1. The normalized spacial score (nSPS) is 10.9. The number of nitrogens with one attached hydrogen (secondary N) is 1. The molecule has 1 amide bonds. The number of rotatable bonds is 4. The van der Waals surface area contributed by atoms with Gasteiger partial charge in [-0.2, -0.15) is 0 Å². The SMILES string of the molecule is Cc1csc(NC(=O)CCn2cnc3sccc3c2=O)n1. The molecule has 3 aromatic rings. The van der Waals surface area contributed by atoms with Gasteiger partial charge in [-0.3, -0.25) is 14.2 Å². The van der Waals surface area contributed by atoms with Gasteiger partial charge in [-0.15, -0.1) is 22.7 Å². The first kappa shape index (κ1) is 13.9. The second-order valence-corrected chi connectivity index (χ2v) is 6.23. The molecule has 0 aliphatic carbocycles. The molecule has 108 valence electrons. The van der Waals surface area contributed by atoms with Crippen molar-refractivity contribution in [1.82, 2.24) is 14.5 Å². The number of aromatic nitrogens is 3. The molecule has 3 rings (SSSR count). The van der Waals surface area contributed by atoms with Crippen molar-refractivity contribution in [3.63, 3.8) is 0 Å². The van der Waals surface area contributed by atoms with Crippen molar-refractivity contribution in [1.29, 1.82) is 0 Å². The first-order chi connectivity index (χ1) is 10.1. The van der Waals surface area contributed by atoms with Gasteiger partial charge >= 0.3 is 0 Å². The molecule has 0 bridgehead atoms. The lowest BCUT2D eigenvalue weighted by molar-refractivity contribution is -0.116. The lowest BCUT2D eigenvalue weighted by Gasteiger charge is -2.05. The average molecular weight is 320 g/mol. The Labute approximate surface area is 128 Å². The van der Waals surface area contributed by atoms with E-state index in [0.29, 0.717) is 17.1 Å². The molecule has 0 fully saturated rings. The summed E-state index contributed by atoms with van der Waals surface area (Å²) < 4.78 is 1.46. The Bertz CT molecular complexity index is 849. The molecule has 3 heterocycles. The highest BCUT2D eigenvalue weighted by Gasteiger charge is 2.08. The molecular weight excluding hydrogens is 308 g/mol. The molecule has 0 aliphatic rings. The summed E-state index contributed by atoms with van der Waals surface area (Å²) in [5, 5.41) is 7.60. The molecule has 0 atom stereocenters. The lowest BCUT2D eigenvalue weighted by atomic mass is 10.3. The zero-order valence-corrected chi connectivity index (χ0v) is 12.8. The van der Waals surface area contributed by atoms with E-state index in [2.05, 4.69) is 15.3 Å². The van der Waals surface area contributed by atoms with Crippen molar-refractivity contribution in [3.05, 3.63) is 39.2 Å². The van der Waals surface area contributed by atoms with E-state index < -0.39 is 0 Å². The van der Waals surface area contributed by atoms with Gasteiger partial charge in [0.1, 0.15) is 4.83 Å². The van der Waals surface area contributed by atoms with E-state index in [-0.39, 0.29) is 17.9 Å². The Balaban J connectivity index is 1.67. The van der Waals surface area contributed by atoms with Gasteiger partial charge in [0.25, 0.3) is 5.56 Å². The van der Waals surface area contributed by atoms with Gasteiger partial charge < -0.3 is 5.32 Å². The fraction of sp³-hybridized carbons (Fsp3) is 0.231. The highest BCUT2D eigenvalue weighted by Crippen LogP contribution is 2.15. The maximum Gasteiger partial charge on any atom is 0.262 e. The van der Waals surface area contributed by atoms with Crippen molar-refractivity contribution in [3.8, 4) is 0 Å². The fourth-order valence-electron chi connectivity index (χ4n) is 1.87. The molecule has 1 N–H and O–H groups in total. The Morgan fingerprint density at radius 2 is 2.29 bits per heavy atom. The zero-order valence-electron chi connectivity index (χ0n) is 11.2. The quantitative estimate of drug-likeness (QED) is 0.800. The summed E-state index contributed by atoms with van der Waals surface area (Å²) in [6, 6.07) is 1.75. The molecule has 0 saturated heterocycles. The van der Waals surface area contributed by atoms with Gasteiger partial charge in [0.2, 0.25) is 5.91 Å². The molecule has 3 aromatic heterocycles. The molecule has 0 spiro atoms. The Morgan fingerprint density at radius 3 is 3.05 bits per heavy atom. The second kappa shape index (κ2) is 5.74. The number of aryl methyl sites for hydroxylation is 2. The van der Waals surface area contributed by atoms with Crippen LogP contribution in [-0.2, 0) is 11.3 Å². The standard InChI is InChI=1S/C13H12N4O2S2/c1-8-6-21-13(15-8)16-10(18)2-4-17-7-14-11-9(12(17)19)3-5-20-11/h3,5-7H,2,4H2,1H3,(H,15,16,18). The molecule has 0 aromatic carbocycles. The summed E-state index contributed by atoms with van der Waals surface area (Å²) in [6.07, 6.45) is 1.69. The van der Waals surface area contributed by atoms with Gasteiger partial charge in [0, 0.05) is 18.3 Å². The first-order valence-corrected chi connectivity index (χ1v) is 8.04. The molecular formula is C13H12N4O2S2. The van der Waals surface area contributed by atoms with E-state index in [9.17, 15) is 9.59 Å². The number of hydrogen-bond donors (Lipinski definition) is 1. The van der Waals surface area contributed by atoms with Gasteiger partial charge in [0.15, 0.2) is 5.13 Å². The van der Waals surface area contributed by atoms with E-state index in [1.807, 2.05) is 17.7 Å². The van der Waals surface area contributed by atoms with Crippen molar-refractivity contribution < 1.29 is 4.79 Å². The minimum absolute atomic E-state index is 0.112. The van der Waals surface area contributed by atoms with E-state index in [1.165, 1.54) is 33.6 Å². The summed E-state index contributed by atoms with van der Waals surface area (Å²) in [7, 11) is 0. The van der Waals surface area contributed by atoms with Gasteiger partial charge in [-0.05, 0) is 18.4 Å². The third-order valence-corrected chi connectivity index (χ3v) is 4.59. The lowest BCUT2D eigenvalue weighted by Crippen LogP contribution is -2.23. The van der Waals surface area contributed by atoms with Crippen LogP contribution in [0, 0.1) is 6.92 Å². The summed E-state index contributed by atoms with van der Waals surface area (Å²) >= 11 is 2.81. The summed E-state index contributed by atoms with van der Waals surface area (Å²) in [5.74, 6) is -0.165. The van der Waals surface area contributed by atoms with Gasteiger partial charge in [0.05, 0.1) is 17.4 Å². The second-order valence-electron chi connectivity index (χ2n) is 4.47. The van der Waals surface area contributed by atoms with E-state index >= 15 is 0 Å². The van der Waals surface area contributed by atoms with Crippen LogP contribution in [0.25, 0.3) is 10.2 Å². The van der Waals surface area contributed by atoms with Gasteiger partial charge in [-0.25, -0.2) is 9.97 Å². The largest absolute Gasteiger partial charge is 0.302 e. The predicted octanol–water partition coefficient (Wildman–Crippen LogP) is 2.25. The maximum atomic E-state index is 12.2. The van der Waals surface area contributed by atoms with Crippen molar-refractivity contribution >= 4 is 43.9 Å². The van der Waals surface area contributed by atoms with Crippen LogP contribution in [0.3, 0.4) is 0 Å². The Morgan fingerprint density at radius 1 is 1.43 bits per heavy atom. The molecule has 8 heteroatoms. The molecule has 0 aliphatic heterocycles. The van der Waals surface area contributed by atoms with Crippen LogP contribution in [0.5, 0.6) is 0 Å². The third kappa shape index (κ3) is 3.01. The smallest absolute Gasteiger partial charge is 0.262 e. The number of anilines is 1. The van der Waals surface area contributed by atoms with Crippen LogP contribution in [0.1, 0.15) is 12.1 Å². The highest BCUT2D eigenvalue weighted by molar-refractivity contribution is 7.16. The molecule has 21 heavy (non-hydrogen) atoms. The number of hydrogen-bond acceptors (Lipinski definition) is 6. The number of amides is 1. The Kier molecular flexibility index (Phi) is 3.80. The summed E-state index contributed by atoms with van der Waals surface area (Å²) in [5.41, 5.74) is 0.762. The molecule has 0 saturated carbocycles. The van der Waals surface area contributed by atoms with Crippen LogP contribution in [0.4, 0.5) is 5.13 Å². The first-order valence-electron chi connectivity index (χ1n) is 6.28. The van der Waals surface area contributed by atoms with Crippen LogP contribution < -0.4 is 10.9 Å². The topological polar surface area (TPSA) is 76.9 Å². The number of fused-ring (bicyclic) bond motifs is 1. The van der Waals surface area contributed by atoms with Crippen LogP contribution >= 0.6 is 22.7 Å². The van der Waals surface area contributed by atoms with E-state index in [4.69, 9.17) is 0 Å². The monoisotopic (exact) mass is 320 g/mol. The Hall–Kier alpha value is -2.06. The van der Waals surface area contributed by atoms with Crippen LogP contribution in [-0.4, -0.2) is 20.4 Å². The van der Waals surface area contributed by atoms with Crippen LogP contribution in [0.2, 0.25) is 0 Å². The predicted molar refractivity (Wildman–Crippen MR) is 84.0 cm³/mol. The third-order valence-electron chi connectivity index (χ3n) is 2.90. The number of nitrogens with zero attached hydrogens (tertiary/aromatic N) is 3. The van der Waals surface area contributed by atoms with Crippen molar-refractivity contribution in [2.75, 3.05) is 5.32 Å². The van der Waals surface area contributed by atoms with E-state index in [1.54, 1.807) is 6.07 Å². The average Bonchev–Trinajstić information content (AvgIpc) is 3.07. The maximum absolute atomic E-state index is 12.2. The molecule has 0 radical (unpaired) electrons. The van der Waals surface area contributed by atoms with Gasteiger partial charge in [-0.1, -0.05) is 0 Å². The van der Waals surface area contributed by atoms with Crippen LogP contribution in [0.15, 0.2) is 27.9 Å². The number of carbonyl (C=O) groups excluding carboxylic acids is 1. The van der Waals surface area contributed by atoms with Crippen molar-refractivity contribution in [2.45, 2.75) is 19.9 Å². The highest BCUT2D eigenvalue weighted by atomic mass is 32.1. The summed E-state index contributed by atoms with van der Waals surface area (Å²) in [4.78, 5) is 33.1. The molecule has 6 nitrogen and oxygen atoms in total. The zero-order chi connectivity index (χ0) is 14.8. The number of carbonyl (C=O) groups is 1. The minimum Gasteiger partial charge on any atom is -0.302 e. The fourth-order valence-corrected chi connectivity index (χ4v) is 3.30. The summed E-state index contributed by atoms with van der Waals surface area (Å²) in [6.45, 7) is 2.17. The number of thiophene rings is 1. The van der Waals surface area contributed by atoms with E-state index in [0.717, 1.165) is 10.5 Å². The minimum atomic E-state index is -0.165.